The largest absolute Gasteiger partial charge is 0.361 e. The van der Waals surface area contributed by atoms with Crippen LogP contribution < -0.4 is 5.32 Å². The van der Waals surface area contributed by atoms with Gasteiger partial charge in [0.05, 0.1) is 6.42 Å². The van der Waals surface area contributed by atoms with E-state index in [1.165, 1.54) is 0 Å². The molecule has 0 aliphatic heterocycles. The molecule has 3 aromatic rings. The van der Waals surface area contributed by atoms with Gasteiger partial charge in [0, 0.05) is 28.2 Å². The predicted octanol–water partition coefficient (Wildman–Crippen LogP) is 3.30. The van der Waals surface area contributed by atoms with Gasteiger partial charge in [0.1, 0.15) is 5.76 Å². The number of hydrogen-bond donors (Lipinski definition) is 2. The second-order valence-corrected chi connectivity index (χ2v) is 4.99. The van der Waals surface area contributed by atoms with Crippen molar-refractivity contribution in [2.24, 2.45) is 0 Å². The average molecular weight is 290 g/mol. The first-order valence-electron chi connectivity index (χ1n) is 6.10. The van der Waals surface area contributed by atoms with Gasteiger partial charge >= 0.3 is 0 Å². The summed E-state index contributed by atoms with van der Waals surface area (Å²) in [4.78, 5) is 15.1. The van der Waals surface area contributed by atoms with E-state index in [0.717, 1.165) is 16.5 Å². The molecule has 3 rings (SSSR count). The third-order valence-electron chi connectivity index (χ3n) is 2.98. The number of halogens is 1. The van der Waals surface area contributed by atoms with Crippen LogP contribution in [0.15, 0.2) is 35.0 Å². The molecule has 5 nitrogen and oxygen atoms in total. The number of H-pyrrole nitrogens is 1. The quantitative estimate of drug-likeness (QED) is 0.777. The molecular formula is C14H12ClN3O2. The van der Waals surface area contributed by atoms with Crippen molar-refractivity contribution in [3.8, 4) is 0 Å². The summed E-state index contributed by atoms with van der Waals surface area (Å²) in [5.41, 5.74) is 1.84. The number of aryl methyl sites for hydroxylation is 1. The Kier molecular flexibility index (Phi) is 3.20. The van der Waals surface area contributed by atoms with Gasteiger partial charge in [-0.3, -0.25) is 4.79 Å². The minimum atomic E-state index is -0.154. The lowest BCUT2D eigenvalue weighted by atomic mass is 10.1. The fraction of sp³-hybridized carbons (Fsp3) is 0.143. The van der Waals surface area contributed by atoms with E-state index in [0.29, 0.717) is 16.6 Å². The maximum absolute atomic E-state index is 12.0. The third-order valence-corrected chi connectivity index (χ3v) is 3.21. The van der Waals surface area contributed by atoms with Gasteiger partial charge < -0.3 is 14.8 Å². The van der Waals surface area contributed by atoms with Gasteiger partial charge in [-0.1, -0.05) is 16.8 Å². The highest BCUT2D eigenvalue weighted by molar-refractivity contribution is 6.31. The molecule has 0 atom stereocenters. The molecular weight excluding hydrogens is 278 g/mol. The zero-order chi connectivity index (χ0) is 14.1. The summed E-state index contributed by atoms with van der Waals surface area (Å²) in [6.45, 7) is 1.77. The van der Waals surface area contributed by atoms with Crippen molar-refractivity contribution < 1.29 is 9.32 Å². The second kappa shape index (κ2) is 5.02. The molecule has 0 bridgehead atoms. The Hall–Kier alpha value is -2.27. The molecule has 0 aliphatic carbocycles. The van der Waals surface area contributed by atoms with E-state index < -0.39 is 0 Å². The summed E-state index contributed by atoms with van der Waals surface area (Å²) in [7, 11) is 0. The maximum Gasteiger partial charge on any atom is 0.230 e. The number of aromatic nitrogens is 2. The first-order valence-corrected chi connectivity index (χ1v) is 6.48. The molecule has 0 aliphatic rings. The SMILES string of the molecule is Cc1cc(NC(=O)Cc2c[nH]c3ccc(Cl)cc23)no1. The summed E-state index contributed by atoms with van der Waals surface area (Å²) in [6, 6.07) is 7.21. The van der Waals surface area contributed by atoms with E-state index in [-0.39, 0.29) is 12.3 Å². The first-order chi connectivity index (χ1) is 9.61. The molecule has 2 heterocycles. The smallest absolute Gasteiger partial charge is 0.230 e. The van der Waals surface area contributed by atoms with Crippen LogP contribution >= 0.6 is 11.6 Å². The van der Waals surface area contributed by atoms with Crippen LogP contribution in [0.4, 0.5) is 5.82 Å². The second-order valence-electron chi connectivity index (χ2n) is 4.55. The molecule has 0 unspecified atom stereocenters. The highest BCUT2D eigenvalue weighted by Gasteiger charge is 2.11. The maximum atomic E-state index is 12.0. The van der Waals surface area contributed by atoms with Gasteiger partial charge in [-0.05, 0) is 30.7 Å². The van der Waals surface area contributed by atoms with Crippen molar-refractivity contribution in [3.05, 3.63) is 46.8 Å². The minimum absolute atomic E-state index is 0.154. The minimum Gasteiger partial charge on any atom is -0.361 e. The highest BCUT2D eigenvalue weighted by Crippen LogP contribution is 2.23. The van der Waals surface area contributed by atoms with Crippen molar-refractivity contribution in [1.82, 2.24) is 10.1 Å². The van der Waals surface area contributed by atoms with Gasteiger partial charge in [-0.2, -0.15) is 0 Å². The molecule has 2 N–H and O–H groups in total. The van der Waals surface area contributed by atoms with Crippen LogP contribution in [0.2, 0.25) is 5.02 Å². The summed E-state index contributed by atoms with van der Waals surface area (Å²) < 4.78 is 4.90. The fourth-order valence-electron chi connectivity index (χ4n) is 2.08. The van der Waals surface area contributed by atoms with Gasteiger partial charge in [0.25, 0.3) is 0 Å². The lowest BCUT2D eigenvalue weighted by molar-refractivity contribution is -0.115. The Morgan fingerprint density at radius 1 is 1.45 bits per heavy atom. The Labute approximate surface area is 119 Å². The highest BCUT2D eigenvalue weighted by atomic mass is 35.5. The number of carbonyl (C=O) groups is 1. The van der Waals surface area contributed by atoms with E-state index in [2.05, 4.69) is 15.5 Å². The van der Waals surface area contributed by atoms with Crippen molar-refractivity contribution in [2.75, 3.05) is 5.32 Å². The lowest BCUT2D eigenvalue weighted by Crippen LogP contribution is -2.14. The number of rotatable bonds is 3. The standard InChI is InChI=1S/C14H12ClN3O2/c1-8-4-13(18-20-8)17-14(19)5-9-7-16-12-3-2-10(15)6-11(9)12/h2-4,6-7,16H,5H2,1H3,(H,17,18,19). The first kappa shape index (κ1) is 12.7. The molecule has 102 valence electrons. The number of fused-ring (bicyclic) bond motifs is 1. The van der Waals surface area contributed by atoms with E-state index in [1.54, 1.807) is 13.0 Å². The van der Waals surface area contributed by atoms with Crippen LogP contribution in [-0.2, 0) is 11.2 Å². The molecule has 6 heteroatoms. The zero-order valence-electron chi connectivity index (χ0n) is 10.7. The molecule has 0 spiro atoms. The summed E-state index contributed by atoms with van der Waals surface area (Å²) in [5, 5.41) is 8.01. The number of amides is 1. The van der Waals surface area contributed by atoms with Gasteiger partial charge in [0.2, 0.25) is 5.91 Å². The predicted molar refractivity (Wildman–Crippen MR) is 76.9 cm³/mol. The van der Waals surface area contributed by atoms with Crippen LogP contribution in [0.5, 0.6) is 0 Å². The van der Waals surface area contributed by atoms with Gasteiger partial charge in [-0.15, -0.1) is 0 Å². The van der Waals surface area contributed by atoms with Gasteiger partial charge in [0.15, 0.2) is 5.82 Å². The van der Waals surface area contributed by atoms with E-state index >= 15 is 0 Å². The molecule has 20 heavy (non-hydrogen) atoms. The number of anilines is 1. The van der Waals surface area contributed by atoms with Crippen molar-refractivity contribution >= 4 is 34.2 Å². The lowest BCUT2D eigenvalue weighted by Gasteiger charge is -2.00. The monoisotopic (exact) mass is 289 g/mol. The van der Waals surface area contributed by atoms with Crippen molar-refractivity contribution in [3.63, 3.8) is 0 Å². The Morgan fingerprint density at radius 2 is 2.30 bits per heavy atom. The molecule has 1 amide bonds. The van der Waals surface area contributed by atoms with Crippen LogP contribution in [0.25, 0.3) is 10.9 Å². The summed E-state index contributed by atoms with van der Waals surface area (Å²) >= 11 is 5.98. The molecule has 0 radical (unpaired) electrons. The van der Waals surface area contributed by atoms with E-state index in [1.807, 2.05) is 24.4 Å². The number of benzene rings is 1. The topological polar surface area (TPSA) is 70.9 Å². The fourth-order valence-corrected chi connectivity index (χ4v) is 2.25. The van der Waals surface area contributed by atoms with Crippen LogP contribution in [0.3, 0.4) is 0 Å². The molecule has 0 saturated heterocycles. The van der Waals surface area contributed by atoms with Crippen LogP contribution in [0, 0.1) is 6.92 Å². The summed E-state index contributed by atoms with van der Waals surface area (Å²) in [6.07, 6.45) is 2.06. The van der Waals surface area contributed by atoms with Crippen LogP contribution in [-0.4, -0.2) is 16.0 Å². The van der Waals surface area contributed by atoms with E-state index in [9.17, 15) is 4.79 Å². The van der Waals surface area contributed by atoms with Gasteiger partial charge in [-0.25, -0.2) is 0 Å². The number of carbonyl (C=O) groups excluding carboxylic acids is 1. The Balaban J connectivity index is 1.79. The van der Waals surface area contributed by atoms with E-state index in [4.69, 9.17) is 16.1 Å². The van der Waals surface area contributed by atoms with Crippen LogP contribution in [0.1, 0.15) is 11.3 Å². The summed E-state index contributed by atoms with van der Waals surface area (Å²) in [5.74, 6) is 0.920. The third kappa shape index (κ3) is 2.53. The Bertz CT molecular complexity index is 776. The average Bonchev–Trinajstić information content (AvgIpc) is 2.97. The van der Waals surface area contributed by atoms with Crippen molar-refractivity contribution in [1.29, 1.82) is 0 Å². The molecule has 2 aromatic heterocycles. The number of nitrogens with one attached hydrogen (secondary N) is 2. The zero-order valence-corrected chi connectivity index (χ0v) is 11.5. The van der Waals surface area contributed by atoms with Crippen molar-refractivity contribution in [2.45, 2.75) is 13.3 Å². The number of aromatic amines is 1. The Morgan fingerprint density at radius 3 is 3.05 bits per heavy atom. The molecule has 0 saturated carbocycles. The molecule has 0 fully saturated rings. The molecule has 1 aromatic carbocycles. The number of hydrogen-bond acceptors (Lipinski definition) is 3. The normalized spacial score (nSPS) is 10.9. The number of nitrogens with zero attached hydrogens (tertiary/aromatic N) is 1.